The lowest BCUT2D eigenvalue weighted by atomic mass is 10.3. The highest BCUT2D eigenvalue weighted by Crippen LogP contribution is 2.31. The number of halogens is 5. The summed E-state index contributed by atoms with van der Waals surface area (Å²) >= 11 is 0. The molecule has 0 aliphatic heterocycles. The summed E-state index contributed by atoms with van der Waals surface area (Å²) in [6, 6.07) is 23.0. The van der Waals surface area contributed by atoms with Crippen LogP contribution in [0.5, 0.6) is 0 Å². The van der Waals surface area contributed by atoms with Crippen LogP contribution in [-0.2, 0) is 21.0 Å². The zero-order chi connectivity index (χ0) is 21.7. The third-order valence-corrected chi connectivity index (χ3v) is 6.16. The largest absolute Gasteiger partial charge is 0.741 e. The van der Waals surface area contributed by atoms with Gasteiger partial charge in [0.15, 0.2) is 24.8 Å². The number of hydrogen-bond donors (Lipinski definition) is 0. The molecule has 0 atom stereocenters. The van der Waals surface area contributed by atoms with Crippen LogP contribution in [-0.4, -0.2) is 18.5 Å². The molecule has 3 nitrogen and oxygen atoms in total. The minimum atomic E-state index is -6.09. The highest BCUT2D eigenvalue weighted by molar-refractivity contribution is 7.97. The first-order chi connectivity index (χ1) is 13.5. The summed E-state index contributed by atoms with van der Waals surface area (Å²) in [7, 11) is -6.45. The van der Waals surface area contributed by atoms with Crippen molar-refractivity contribution in [3.63, 3.8) is 0 Å². The SMILES string of the molecule is Fc1ccc([S+](c2ccccc2)c2ccc(F)cc2)cc1.O=S(=O)([O-])C(F)(F)F. The van der Waals surface area contributed by atoms with Crippen molar-refractivity contribution in [3.8, 4) is 0 Å². The number of hydrogen-bond acceptors (Lipinski definition) is 3. The Balaban J connectivity index is 0.000000321. The lowest BCUT2D eigenvalue weighted by molar-refractivity contribution is -0.0517. The van der Waals surface area contributed by atoms with Gasteiger partial charge in [0, 0.05) is 0 Å². The predicted octanol–water partition coefficient (Wildman–Crippen LogP) is 5.11. The monoisotopic (exact) mass is 448 g/mol. The van der Waals surface area contributed by atoms with Gasteiger partial charge in [-0.05, 0) is 60.7 Å². The lowest BCUT2D eigenvalue weighted by Gasteiger charge is -2.08. The van der Waals surface area contributed by atoms with E-state index in [4.69, 9.17) is 13.0 Å². The molecule has 29 heavy (non-hydrogen) atoms. The molecule has 0 N–H and O–H groups in total. The van der Waals surface area contributed by atoms with Gasteiger partial charge in [-0.25, -0.2) is 17.2 Å². The molecule has 0 saturated heterocycles. The van der Waals surface area contributed by atoms with Crippen molar-refractivity contribution < 1.29 is 34.9 Å². The summed E-state index contributed by atoms with van der Waals surface area (Å²) in [6.07, 6.45) is 0. The van der Waals surface area contributed by atoms with Gasteiger partial charge in [-0.3, -0.25) is 0 Å². The fourth-order valence-corrected chi connectivity index (χ4v) is 4.17. The molecule has 0 bridgehead atoms. The van der Waals surface area contributed by atoms with Gasteiger partial charge >= 0.3 is 5.51 Å². The minimum absolute atomic E-state index is 0.255. The Labute approximate surface area is 166 Å². The molecule has 0 aromatic heterocycles. The Morgan fingerprint density at radius 1 is 0.655 bits per heavy atom. The molecule has 0 saturated carbocycles. The third-order valence-electron chi connectivity index (χ3n) is 3.36. The second-order valence-corrected chi connectivity index (χ2v) is 8.82. The van der Waals surface area contributed by atoms with Gasteiger partial charge in [0.2, 0.25) is 0 Å². The average molecular weight is 448 g/mol. The summed E-state index contributed by atoms with van der Waals surface area (Å²) in [6.45, 7) is 0. The summed E-state index contributed by atoms with van der Waals surface area (Å²) in [5, 5.41) is 0. The first-order valence-corrected chi connectivity index (χ1v) is 10.4. The van der Waals surface area contributed by atoms with Gasteiger partial charge in [0.25, 0.3) is 0 Å². The number of benzene rings is 3. The van der Waals surface area contributed by atoms with E-state index in [2.05, 4.69) is 0 Å². The van der Waals surface area contributed by atoms with Gasteiger partial charge in [-0.1, -0.05) is 18.2 Å². The van der Waals surface area contributed by atoms with E-state index < -0.39 is 15.6 Å². The standard InChI is InChI=1S/C18H13F2S.CHF3O3S/c19-14-6-10-17(11-7-14)21(16-4-2-1-3-5-16)18-12-8-15(20)9-13-18;2-1(3,4)8(5,6)7/h1-13H;(H,5,6,7)/q+1;/p-1. The fourth-order valence-electron chi connectivity index (χ4n) is 2.11. The van der Waals surface area contributed by atoms with Crippen molar-refractivity contribution in [2.24, 2.45) is 0 Å². The molecule has 0 spiro atoms. The van der Waals surface area contributed by atoms with E-state index in [0.29, 0.717) is 0 Å². The molecule has 3 aromatic carbocycles. The fraction of sp³-hybridized carbons (Fsp3) is 0.0526. The van der Waals surface area contributed by atoms with Crippen molar-refractivity contribution >= 4 is 21.0 Å². The van der Waals surface area contributed by atoms with Crippen LogP contribution in [0, 0.1) is 11.6 Å². The van der Waals surface area contributed by atoms with E-state index in [0.717, 1.165) is 14.7 Å². The Kier molecular flexibility index (Phi) is 7.39. The topological polar surface area (TPSA) is 57.2 Å². The Hall–Kier alpha value is -2.43. The van der Waals surface area contributed by atoms with E-state index in [-0.39, 0.29) is 22.5 Å². The Morgan fingerprint density at radius 2 is 0.966 bits per heavy atom. The first-order valence-electron chi connectivity index (χ1n) is 7.81. The zero-order valence-corrected chi connectivity index (χ0v) is 16.1. The van der Waals surface area contributed by atoms with Crippen LogP contribution >= 0.6 is 0 Å². The van der Waals surface area contributed by atoms with E-state index in [9.17, 15) is 22.0 Å². The number of rotatable bonds is 3. The van der Waals surface area contributed by atoms with Crippen LogP contribution < -0.4 is 0 Å². The highest BCUT2D eigenvalue weighted by atomic mass is 32.2. The third kappa shape index (κ3) is 6.55. The molecule has 0 aliphatic rings. The van der Waals surface area contributed by atoms with Crippen LogP contribution in [0.1, 0.15) is 0 Å². The second kappa shape index (κ2) is 9.38. The van der Waals surface area contributed by atoms with Crippen LogP contribution in [0.15, 0.2) is 93.5 Å². The maximum Gasteiger partial charge on any atom is 0.485 e. The summed E-state index contributed by atoms with van der Waals surface area (Å²) < 4.78 is 85.2. The van der Waals surface area contributed by atoms with Gasteiger partial charge in [0.05, 0.1) is 10.9 Å². The average Bonchev–Trinajstić information content (AvgIpc) is 2.65. The molecule has 3 aromatic rings. The minimum Gasteiger partial charge on any atom is -0.741 e. The Morgan fingerprint density at radius 3 is 1.28 bits per heavy atom. The summed E-state index contributed by atoms with van der Waals surface area (Å²) in [5.41, 5.74) is -5.65. The first kappa shape index (κ1) is 22.9. The van der Waals surface area contributed by atoms with Gasteiger partial charge in [-0.15, -0.1) is 0 Å². The maximum absolute atomic E-state index is 13.2. The molecule has 0 unspecified atom stereocenters. The van der Waals surface area contributed by atoms with Crippen LogP contribution in [0.2, 0.25) is 0 Å². The van der Waals surface area contributed by atoms with Crippen molar-refractivity contribution in [2.45, 2.75) is 20.2 Å². The summed E-state index contributed by atoms with van der Waals surface area (Å²) in [4.78, 5) is 3.14. The Bertz CT molecular complexity index is 975. The smallest absolute Gasteiger partial charge is 0.485 e. The van der Waals surface area contributed by atoms with Crippen molar-refractivity contribution in [1.29, 1.82) is 0 Å². The molecule has 3 rings (SSSR count). The second-order valence-electron chi connectivity index (χ2n) is 5.43. The molecule has 0 radical (unpaired) electrons. The van der Waals surface area contributed by atoms with E-state index in [1.165, 1.54) is 24.3 Å². The molecule has 10 heteroatoms. The maximum atomic E-state index is 13.2. The van der Waals surface area contributed by atoms with Crippen molar-refractivity contribution in [3.05, 3.63) is 90.5 Å². The quantitative estimate of drug-likeness (QED) is 0.242. The van der Waals surface area contributed by atoms with E-state index in [1.807, 2.05) is 30.3 Å². The van der Waals surface area contributed by atoms with E-state index in [1.54, 1.807) is 24.3 Å². The molecule has 0 aliphatic carbocycles. The molecular formula is C19H13F5O3S2. The zero-order valence-electron chi connectivity index (χ0n) is 14.4. The lowest BCUT2D eigenvalue weighted by Crippen LogP contribution is -2.21. The van der Waals surface area contributed by atoms with Gasteiger partial charge in [-0.2, -0.15) is 13.2 Å². The van der Waals surface area contributed by atoms with Gasteiger partial charge < -0.3 is 4.55 Å². The normalized spacial score (nSPS) is 11.7. The van der Waals surface area contributed by atoms with Crippen molar-refractivity contribution in [1.82, 2.24) is 0 Å². The molecule has 154 valence electrons. The molecule has 0 heterocycles. The van der Waals surface area contributed by atoms with E-state index >= 15 is 0 Å². The predicted molar refractivity (Wildman–Crippen MR) is 97.2 cm³/mol. The summed E-state index contributed by atoms with van der Waals surface area (Å²) in [5.74, 6) is -0.510. The molecular weight excluding hydrogens is 435 g/mol. The van der Waals surface area contributed by atoms with Crippen LogP contribution in [0.4, 0.5) is 22.0 Å². The number of alkyl halides is 3. The van der Waals surface area contributed by atoms with Crippen LogP contribution in [0.25, 0.3) is 0 Å². The van der Waals surface area contributed by atoms with Crippen LogP contribution in [0.3, 0.4) is 0 Å². The highest BCUT2D eigenvalue weighted by Gasteiger charge is 2.37. The van der Waals surface area contributed by atoms with Crippen molar-refractivity contribution in [2.75, 3.05) is 0 Å². The molecule has 0 amide bonds. The van der Waals surface area contributed by atoms with Gasteiger partial charge in [0.1, 0.15) is 11.6 Å². The molecule has 0 fully saturated rings.